The van der Waals surface area contributed by atoms with E-state index in [1.165, 1.54) is 0 Å². The van der Waals surface area contributed by atoms with Crippen LogP contribution < -0.4 is 4.74 Å². The van der Waals surface area contributed by atoms with E-state index >= 15 is 0 Å². The number of aromatic nitrogens is 1. The normalized spacial score (nSPS) is 18.2. The van der Waals surface area contributed by atoms with Gasteiger partial charge in [0.05, 0.1) is 37.1 Å². The minimum atomic E-state index is -0.0301. The summed E-state index contributed by atoms with van der Waals surface area (Å²) in [5.41, 5.74) is 1.37. The lowest BCUT2D eigenvalue weighted by Crippen LogP contribution is -2.48. The van der Waals surface area contributed by atoms with Crippen LogP contribution in [-0.4, -0.2) is 74.2 Å². The van der Waals surface area contributed by atoms with E-state index in [-0.39, 0.29) is 12.0 Å². The Morgan fingerprint density at radius 2 is 2.21 bits per heavy atom. The van der Waals surface area contributed by atoms with Crippen molar-refractivity contribution in [2.75, 3.05) is 47.4 Å². The quantitative estimate of drug-likeness (QED) is 0.854. The molecule has 1 saturated heterocycles. The molecule has 0 spiro atoms. The third-order valence-corrected chi connectivity index (χ3v) is 4.17. The van der Waals surface area contributed by atoms with Crippen LogP contribution in [0.25, 0.3) is 10.9 Å². The topological polar surface area (TPSA) is 54.9 Å². The molecule has 128 valence electrons. The number of carbonyl (C=O) groups is 1. The number of morpholine rings is 1. The molecule has 1 aromatic carbocycles. The molecule has 6 nitrogen and oxygen atoms in total. The lowest BCUT2D eigenvalue weighted by Gasteiger charge is -2.34. The zero-order chi connectivity index (χ0) is 17.1. The Morgan fingerprint density at radius 1 is 1.42 bits per heavy atom. The maximum atomic E-state index is 13.2. The van der Waals surface area contributed by atoms with Crippen LogP contribution >= 0.6 is 0 Å². The molecule has 0 saturated carbocycles. The van der Waals surface area contributed by atoms with E-state index in [1.807, 2.05) is 43.3 Å². The molecule has 0 bridgehead atoms. The predicted octanol–water partition coefficient (Wildman–Crippen LogP) is 1.65. The van der Waals surface area contributed by atoms with Crippen molar-refractivity contribution in [1.82, 2.24) is 14.8 Å². The van der Waals surface area contributed by atoms with E-state index in [2.05, 4.69) is 9.88 Å². The third-order valence-electron chi connectivity index (χ3n) is 4.17. The minimum Gasteiger partial charge on any atom is -0.494 e. The van der Waals surface area contributed by atoms with Crippen LogP contribution in [0.2, 0.25) is 0 Å². The van der Waals surface area contributed by atoms with Crippen molar-refractivity contribution in [3.8, 4) is 5.75 Å². The molecule has 1 aliphatic rings. The van der Waals surface area contributed by atoms with E-state index in [0.717, 1.165) is 17.4 Å². The maximum Gasteiger partial charge on any atom is 0.258 e. The zero-order valence-corrected chi connectivity index (χ0v) is 14.4. The van der Waals surface area contributed by atoms with Gasteiger partial charge in [0.1, 0.15) is 0 Å². The first-order valence-corrected chi connectivity index (χ1v) is 8.07. The molecule has 1 atom stereocenters. The standard InChI is InChI=1S/C18H23N3O3/c1-20(2)11-13-12-21(8-9-24-13)18(22)17-14-6-4-5-7-15(14)19-10-16(17)23-3/h4-7,10,13H,8-9,11-12H2,1-3H3. The highest BCUT2D eigenvalue weighted by Gasteiger charge is 2.28. The van der Waals surface area contributed by atoms with Gasteiger partial charge < -0.3 is 19.3 Å². The fourth-order valence-corrected chi connectivity index (χ4v) is 3.08. The fourth-order valence-electron chi connectivity index (χ4n) is 3.08. The molecule has 2 heterocycles. The highest BCUT2D eigenvalue weighted by Crippen LogP contribution is 2.28. The number of ether oxygens (including phenoxy) is 2. The monoisotopic (exact) mass is 329 g/mol. The van der Waals surface area contributed by atoms with Gasteiger partial charge in [-0.1, -0.05) is 18.2 Å². The van der Waals surface area contributed by atoms with Crippen molar-refractivity contribution < 1.29 is 14.3 Å². The number of nitrogens with zero attached hydrogens (tertiary/aromatic N) is 3. The fraction of sp³-hybridized carbons (Fsp3) is 0.444. The van der Waals surface area contributed by atoms with Gasteiger partial charge in [-0.2, -0.15) is 0 Å². The molecule has 2 aromatic rings. The van der Waals surface area contributed by atoms with Gasteiger partial charge in [-0.15, -0.1) is 0 Å². The number of benzene rings is 1. The first-order chi connectivity index (χ1) is 11.6. The number of methoxy groups -OCH3 is 1. The summed E-state index contributed by atoms with van der Waals surface area (Å²) < 4.78 is 11.2. The summed E-state index contributed by atoms with van der Waals surface area (Å²) in [7, 11) is 5.57. The second-order valence-corrected chi connectivity index (χ2v) is 6.22. The number of rotatable bonds is 4. The molecule has 3 rings (SSSR count). The van der Waals surface area contributed by atoms with Crippen LogP contribution in [0.15, 0.2) is 30.5 Å². The van der Waals surface area contributed by atoms with Gasteiger partial charge in [-0.25, -0.2) is 0 Å². The van der Waals surface area contributed by atoms with Crippen LogP contribution in [0.4, 0.5) is 0 Å². The van der Waals surface area contributed by atoms with Crippen molar-refractivity contribution in [3.05, 3.63) is 36.0 Å². The Balaban J connectivity index is 1.93. The van der Waals surface area contributed by atoms with Gasteiger partial charge in [0.15, 0.2) is 5.75 Å². The number of pyridine rings is 1. The molecule has 0 aliphatic carbocycles. The van der Waals surface area contributed by atoms with E-state index in [0.29, 0.717) is 31.0 Å². The first-order valence-electron chi connectivity index (χ1n) is 8.07. The smallest absolute Gasteiger partial charge is 0.258 e. The number of para-hydroxylation sites is 1. The highest BCUT2D eigenvalue weighted by atomic mass is 16.5. The van der Waals surface area contributed by atoms with Gasteiger partial charge in [0, 0.05) is 25.0 Å². The molecule has 0 radical (unpaired) electrons. The molecule has 6 heteroatoms. The van der Waals surface area contributed by atoms with Crippen molar-refractivity contribution in [2.24, 2.45) is 0 Å². The van der Waals surface area contributed by atoms with E-state index < -0.39 is 0 Å². The minimum absolute atomic E-state index is 0.0248. The Bertz CT molecular complexity index is 733. The van der Waals surface area contributed by atoms with Gasteiger partial charge >= 0.3 is 0 Å². The summed E-state index contributed by atoms with van der Waals surface area (Å²) in [4.78, 5) is 21.5. The first kappa shape index (κ1) is 16.7. The molecule has 24 heavy (non-hydrogen) atoms. The van der Waals surface area contributed by atoms with E-state index in [9.17, 15) is 4.79 Å². The molecular weight excluding hydrogens is 306 g/mol. The number of carbonyl (C=O) groups excluding carboxylic acids is 1. The van der Waals surface area contributed by atoms with Crippen molar-refractivity contribution in [2.45, 2.75) is 6.10 Å². The molecule has 1 amide bonds. The Morgan fingerprint density at radius 3 is 2.96 bits per heavy atom. The SMILES string of the molecule is COc1cnc2ccccc2c1C(=O)N1CCOC(CN(C)C)C1. The van der Waals surface area contributed by atoms with Crippen LogP contribution in [0.5, 0.6) is 5.75 Å². The van der Waals surface area contributed by atoms with Gasteiger partial charge in [0.25, 0.3) is 5.91 Å². The van der Waals surface area contributed by atoms with Crippen LogP contribution in [0.1, 0.15) is 10.4 Å². The third kappa shape index (κ3) is 3.34. The largest absolute Gasteiger partial charge is 0.494 e. The lowest BCUT2D eigenvalue weighted by atomic mass is 10.1. The summed E-state index contributed by atoms with van der Waals surface area (Å²) in [6, 6.07) is 7.64. The predicted molar refractivity (Wildman–Crippen MR) is 92.5 cm³/mol. The number of fused-ring (bicyclic) bond motifs is 1. The Hall–Kier alpha value is -2.18. The number of hydrogen-bond donors (Lipinski definition) is 0. The van der Waals surface area contributed by atoms with Crippen LogP contribution in [-0.2, 0) is 4.74 Å². The molecular formula is C18H23N3O3. The number of hydrogen-bond acceptors (Lipinski definition) is 5. The Kier molecular flexibility index (Phi) is 4.97. The summed E-state index contributed by atoms with van der Waals surface area (Å²) in [5.74, 6) is 0.479. The molecule has 1 aromatic heterocycles. The summed E-state index contributed by atoms with van der Waals surface area (Å²) in [5, 5.41) is 0.817. The van der Waals surface area contributed by atoms with Crippen LogP contribution in [0, 0.1) is 0 Å². The highest BCUT2D eigenvalue weighted by molar-refractivity contribution is 6.08. The van der Waals surface area contributed by atoms with Gasteiger partial charge in [-0.3, -0.25) is 9.78 Å². The zero-order valence-electron chi connectivity index (χ0n) is 14.4. The van der Waals surface area contributed by atoms with Gasteiger partial charge in [-0.05, 0) is 20.2 Å². The number of likely N-dealkylation sites (N-methyl/N-ethyl adjacent to an activating group) is 1. The lowest BCUT2D eigenvalue weighted by molar-refractivity contribution is -0.0306. The average molecular weight is 329 g/mol. The van der Waals surface area contributed by atoms with Crippen molar-refractivity contribution in [3.63, 3.8) is 0 Å². The van der Waals surface area contributed by atoms with Crippen molar-refractivity contribution in [1.29, 1.82) is 0 Å². The second kappa shape index (κ2) is 7.15. The molecule has 0 N–H and O–H groups in total. The van der Waals surface area contributed by atoms with Crippen molar-refractivity contribution >= 4 is 16.8 Å². The average Bonchev–Trinajstić information content (AvgIpc) is 2.59. The molecule has 1 fully saturated rings. The van der Waals surface area contributed by atoms with Gasteiger partial charge in [0.2, 0.25) is 0 Å². The summed E-state index contributed by atoms with van der Waals surface area (Å²) in [6.45, 7) is 2.51. The van der Waals surface area contributed by atoms with E-state index in [1.54, 1.807) is 13.3 Å². The van der Waals surface area contributed by atoms with E-state index in [4.69, 9.17) is 9.47 Å². The summed E-state index contributed by atoms with van der Waals surface area (Å²) >= 11 is 0. The van der Waals surface area contributed by atoms with Crippen LogP contribution in [0.3, 0.4) is 0 Å². The number of amides is 1. The Labute approximate surface area is 142 Å². The molecule has 1 unspecified atom stereocenters. The summed E-state index contributed by atoms with van der Waals surface area (Å²) in [6.07, 6.45) is 1.64. The maximum absolute atomic E-state index is 13.2. The second-order valence-electron chi connectivity index (χ2n) is 6.22. The molecule has 1 aliphatic heterocycles.